The topological polar surface area (TPSA) is 176 Å². The number of hydrogen-bond donors (Lipinski definition) is 2. The summed E-state index contributed by atoms with van der Waals surface area (Å²) in [6.07, 6.45) is 6.08. The Morgan fingerprint density at radius 1 is 1.18 bits per heavy atom. The molecule has 2 amide bonds. The van der Waals surface area contributed by atoms with E-state index in [1.54, 1.807) is 24.7 Å². The number of anilines is 2. The first-order chi connectivity index (χ1) is 18.2. The first-order valence-corrected chi connectivity index (χ1v) is 12.9. The monoisotopic (exact) mass is 536 g/mol. The molecule has 4 aromatic rings. The minimum Gasteiger partial charge on any atom is -0.368 e. The zero-order chi connectivity index (χ0) is 26.7. The van der Waals surface area contributed by atoms with Gasteiger partial charge in [-0.25, -0.2) is 29.3 Å². The third-order valence-corrected chi connectivity index (χ3v) is 7.96. The lowest BCUT2D eigenvalue weighted by molar-refractivity contribution is -0.119. The Hall–Kier alpha value is -4.40. The first-order valence-electron chi connectivity index (χ1n) is 12.0. The molecule has 5 heterocycles. The number of imidazole rings is 1. The standard InChI is InChI=1S/C23H24N10O4S/c1-11(33-10-27-18-17(33)21(36)32(8-15(24)34)23(37)30(18)2)19(35)28-16-9-38-20(29-16)14-4-25-22(26-5-14)31-6-12-3-13(12)7-31/h4-5,9-13H,3,6-8H2,1-2H3,(H2,24,34)(H,28,35). The zero-order valence-electron chi connectivity index (χ0n) is 20.6. The Kier molecular flexibility index (Phi) is 5.59. The molecule has 196 valence electrons. The minimum absolute atomic E-state index is 0.00232. The number of amides is 2. The van der Waals surface area contributed by atoms with Crippen molar-refractivity contribution in [2.75, 3.05) is 23.3 Å². The van der Waals surface area contributed by atoms with Crippen molar-refractivity contribution in [3.05, 3.63) is 44.9 Å². The number of nitrogens with one attached hydrogen (secondary N) is 1. The second-order valence-electron chi connectivity index (χ2n) is 9.66. The van der Waals surface area contributed by atoms with Crippen LogP contribution in [-0.2, 0) is 23.2 Å². The molecular weight excluding hydrogens is 512 g/mol. The fourth-order valence-corrected chi connectivity index (χ4v) is 5.58. The summed E-state index contributed by atoms with van der Waals surface area (Å²) < 4.78 is 3.21. The molecule has 0 bridgehead atoms. The van der Waals surface area contributed by atoms with Crippen LogP contribution in [0.15, 0.2) is 33.7 Å². The van der Waals surface area contributed by atoms with Gasteiger partial charge in [-0.2, -0.15) is 0 Å². The second-order valence-corrected chi connectivity index (χ2v) is 10.5. The van der Waals surface area contributed by atoms with E-state index in [9.17, 15) is 19.2 Å². The van der Waals surface area contributed by atoms with Gasteiger partial charge in [0.15, 0.2) is 11.2 Å². The van der Waals surface area contributed by atoms with E-state index in [2.05, 4.69) is 30.2 Å². The van der Waals surface area contributed by atoms with Gasteiger partial charge in [0.1, 0.15) is 23.4 Å². The molecule has 1 saturated heterocycles. The van der Waals surface area contributed by atoms with Crippen LogP contribution in [0, 0.1) is 11.8 Å². The van der Waals surface area contributed by atoms with E-state index in [-0.39, 0.29) is 11.2 Å². The number of hydrogen-bond acceptors (Lipinski definition) is 10. The first kappa shape index (κ1) is 24.0. The number of piperidine rings is 1. The predicted molar refractivity (Wildman–Crippen MR) is 139 cm³/mol. The van der Waals surface area contributed by atoms with Crippen molar-refractivity contribution in [2.24, 2.45) is 24.6 Å². The summed E-state index contributed by atoms with van der Waals surface area (Å²) in [5.74, 6) is 1.35. The summed E-state index contributed by atoms with van der Waals surface area (Å²) >= 11 is 1.34. The smallest absolute Gasteiger partial charge is 0.332 e. The Balaban J connectivity index is 1.20. The van der Waals surface area contributed by atoms with E-state index < -0.39 is 35.6 Å². The number of fused-ring (bicyclic) bond motifs is 2. The number of nitrogens with zero attached hydrogens (tertiary/aromatic N) is 8. The molecule has 0 radical (unpaired) electrons. The largest absolute Gasteiger partial charge is 0.368 e. The molecule has 2 fully saturated rings. The lowest BCUT2D eigenvalue weighted by Crippen LogP contribution is -2.42. The molecule has 14 nitrogen and oxygen atoms in total. The molecular formula is C23H24N10O4S. The van der Waals surface area contributed by atoms with Crippen LogP contribution < -0.4 is 27.2 Å². The molecule has 0 spiro atoms. The zero-order valence-corrected chi connectivity index (χ0v) is 21.4. The van der Waals surface area contributed by atoms with Crippen molar-refractivity contribution in [1.82, 2.24) is 33.6 Å². The van der Waals surface area contributed by atoms with Gasteiger partial charge >= 0.3 is 5.69 Å². The SMILES string of the molecule is CC(C(=O)Nc1csc(-c2cnc(N3CC4CC4C3)nc2)n1)n1cnc2c1c(=O)n(CC(N)=O)c(=O)n2C. The van der Waals surface area contributed by atoms with Gasteiger partial charge in [-0.05, 0) is 25.2 Å². The van der Waals surface area contributed by atoms with Crippen LogP contribution in [0.5, 0.6) is 0 Å². The summed E-state index contributed by atoms with van der Waals surface area (Å²) in [4.78, 5) is 69.8. The quantitative estimate of drug-likeness (QED) is 0.328. The molecule has 4 aromatic heterocycles. The molecule has 1 aliphatic carbocycles. The van der Waals surface area contributed by atoms with E-state index in [1.807, 2.05) is 0 Å². The van der Waals surface area contributed by atoms with Crippen molar-refractivity contribution in [2.45, 2.75) is 25.9 Å². The van der Waals surface area contributed by atoms with E-state index in [4.69, 9.17) is 5.73 Å². The van der Waals surface area contributed by atoms with Crippen molar-refractivity contribution in [3.8, 4) is 10.6 Å². The van der Waals surface area contributed by atoms with Crippen LogP contribution in [0.25, 0.3) is 21.7 Å². The van der Waals surface area contributed by atoms with Gasteiger partial charge in [-0.15, -0.1) is 11.3 Å². The van der Waals surface area contributed by atoms with Crippen molar-refractivity contribution < 1.29 is 9.59 Å². The van der Waals surface area contributed by atoms with Gasteiger partial charge in [-0.3, -0.25) is 19.0 Å². The third-order valence-electron chi connectivity index (χ3n) is 7.07. The number of carbonyl (C=O) groups excluding carboxylic acids is 2. The lowest BCUT2D eigenvalue weighted by atomic mass is 10.3. The number of nitrogens with two attached hydrogens (primary N) is 1. The Bertz CT molecular complexity index is 1690. The van der Waals surface area contributed by atoms with Gasteiger partial charge in [0.05, 0.1) is 6.33 Å². The highest BCUT2D eigenvalue weighted by Gasteiger charge is 2.45. The fraction of sp³-hybridized carbons (Fsp3) is 0.391. The molecule has 3 unspecified atom stereocenters. The third kappa shape index (κ3) is 4.04. The normalized spacial score (nSPS) is 18.9. The number of primary amides is 1. The molecule has 2 aliphatic rings. The van der Waals surface area contributed by atoms with Gasteiger partial charge in [0.2, 0.25) is 17.8 Å². The van der Waals surface area contributed by atoms with Crippen molar-refractivity contribution >= 4 is 46.1 Å². The Morgan fingerprint density at radius 2 is 1.89 bits per heavy atom. The predicted octanol–water partition coefficient (Wildman–Crippen LogP) is -0.0487. The van der Waals surface area contributed by atoms with Crippen LogP contribution >= 0.6 is 11.3 Å². The van der Waals surface area contributed by atoms with Crippen molar-refractivity contribution in [1.29, 1.82) is 0 Å². The summed E-state index contributed by atoms with van der Waals surface area (Å²) in [7, 11) is 1.42. The number of aromatic nitrogens is 7. The average Bonchev–Trinajstić information content (AvgIpc) is 3.29. The average molecular weight is 537 g/mol. The molecule has 1 saturated carbocycles. The van der Waals surface area contributed by atoms with Crippen LogP contribution in [-0.4, -0.2) is 58.5 Å². The number of carbonyl (C=O) groups is 2. The van der Waals surface area contributed by atoms with Crippen LogP contribution in [0.4, 0.5) is 11.8 Å². The van der Waals surface area contributed by atoms with Crippen LogP contribution in [0.1, 0.15) is 19.4 Å². The Morgan fingerprint density at radius 3 is 2.58 bits per heavy atom. The Labute approximate surface area is 218 Å². The van der Waals surface area contributed by atoms with Gasteiger partial charge in [0, 0.05) is 43.5 Å². The molecule has 15 heteroatoms. The molecule has 1 aliphatic heterocycles. The summed E-state index contributed by atoms with van der Waals surface area (Å²) in [6.45, 7) is 3.02. The second kappa shape index (κ2) is 8.86. The summed E-state index contributed by atoms with van der Waals surface area (Å²) in [5.41, 5.74) is 4.55. The highest BCUT2D eigenvalue weighted by atomic mass is 32.1. The maximum Gasteiger partial charge on any atom is 0.332 e. The molecule has 3 N–H and O–H groups in total. The highest BCUT2D eigenvalue weighted by Crippen LogP contribution is 2.45. The summed E-state index contributed by atoms with van der Waals surface area (Å²) in [5, 5.41) is 5.11. The molecule has 38 heavy (non-hydrogen) atoms. The van der Waals surface area contributed by atoms with E-state index in [1.165, 1.54) is 35.7 Å². The van der Waals surface area contributed by atoms with Crippen LogP contribution in [0.3, 0.4) is 0 Å². The van der Waals surface area contributed by atoms with Gasteiger partial charge < -0.3 is 20.5 Å². The van der Waals surface area contributed by atoms with E-state index in [0.29, 0.717) is 10.8 Å². The summed E-state index contributed by atoms with van der Waals surface area (Å²) in [6, 6.07) is -0.883. The number of thiazole rings is 1. The van der Waals surface area contributed by atoms with Gasteiger partial charge in [-0.1, -0.05) is 0 Å². The lowest BCUT2D eigenvalue weighted by Gasteiger charge is -2.17. The fourth-order valence-electron chi connectivity index (χ4n) is 4.86. The van der Waals surface area contributed by atoms with Crippen LogP contribution in [0.2, 0.25) is 0 Å². The maximum absolute atomic E-state index is 13.1. The highest BCUT2D eigenvalue weighted by molar-refractivity contribution is 7.13. The molecule has 0 aromatic carbocycles. The van der Waals surface area contributed by atoms with E-state index in [0.717, 1.165) is 45.6 Å². The van der Waals surface area contributed by atoms with Crippen molar-refractivity contribution in [3.63, 3.8) is 0 Å². The molecule has 3 atom stereocenters. The maximum atomic E-state index is 13.1. The number of rotatable bonds is 7. The van der Waals surface area contributed by atoms with E-state index >= 15 is 0 Å². The van der Waals surface area contributed by atoms with Gasteiger partial charge in [0.25, 0.3) is 5.56 Å². The minimum atomic E-state index is -0.883. The number of aryl methyl sites for hydroxylation is 1. The molecule has 6 rings (SSSR count).